The van der Waals surface area contributed by atoms with Crippen LogP contribution in [-0.2, 0) is 6.54 Å². The molecule has 0 radical (unpaired) electrons. The van der Waals surface area contributed by atoms with Gasteiger partial charge in [0, 0.05) is 22.4 Å². The van der Waals surface area contributed by atoms with Crippen molar-refractivity contribution >= 4 is 22.6 Å². The molecule has 0 spiro atoms. The van der Waals surface area contributed by atoms with E-state index < -0.39 is 0 Å². The van der Waals surface area contributed by atoms with Crippen LogP contribution in [0, 0.1) is 21.3 Å². The van der Waals surface area contributed by atoms with Gasteiger partial charge in [-0.2, -0.15) is 0 Å². The Balaban J connectivity index is 1.79. The third kappa shape index (κ3) is 1.94. The molecule has 2 nitrogen and oxygen atoms in total. The van der Waals surface area contributed by atoms with Crippen molar-refractivity contribution in [2.45, 2.75) is 32.2 Å². The van der Waals surface area contributed by atoms with Gasteiger partial charge in [-0.1, -0.05) is 6.42 Å². The molecular weight excluding hydrogens is 313 g/mol. The lowest BCUT2D eigenvalue weighted by Gasteiger charge is -2.22. The van der Waals surface area contributed by atoms with Crippen molar-refractivity contribution in [1.82, 2.24) is 4.57 Å². The molecule has 2 bridgehead atoms. The highest BCUT2D eigenvalue weighted by molar-refractivity contribution is 14.1. The van der Waals surface area contributed by atoms with Crippen molar-refractivity contribution in [2.24, 2.45) is 17.8 Å². The number of hydrogen-bond acceptors (Lipinski definition) is 1. The maximum Gasteiger partial charge on any atom is 0.250 e. The summed E-state index contributed by atoms with van der Waals surface area (Å²) in [6.45, 7) is 0.941. The van der Waals surface area contributed by atoms with E-state index in [1.54, 1.807) is 6.07 Å². The van der Waals surface area contributed by atoms with Gasteiger partial charge in [0.15, 0.2) is 0 Å². The van der Waals surface area contributed by atoms with E-state index in [0.29, 0.717) is 0 Å². The Morgan fingerprint density at radius 3 is 2.88 bits per heavy atom. The van der Waals surface area contributed by atoms with Gasteiger partial charge in [-0.15, -0.1) is 0 Å². The van der Waals surface area contributed by atoms with Crippen LogP contribution in [0.25, 0.3) is 0 Å². The minimum Gasteiger partial charge on any atom is -0.314 e. The van der Waals surface area contributed by atoms with Gasteiger partial charge in [0.05, 0.1) is 0 Å². The standard InChI is InChI=1S/C13H16INO/c14-12-3-4-13(16)15(8-12)7-11-6-9-1-2-10(11)5-9/h3-4,8-11H,1-2,5-7H2. The third-order valence-electron chi connectivity index (χ3n) is 4.26. The number of pyridine rings is 1. The van der Waals surface area contributed by atoms with E-state index in [1.807, 2.05) is 16.8 Å². The van der Waals surface area contributed by atoms with Crippen molar-refractivity contribution < 1.29 is 0 Å². The summed E-state index contributed by atoms with van der Waals surface area (Å²) in [5.41, 5.74) is 0.156. The molecule has 0 saturated heterocycles. The van der Waals surface area contributed by atoms with Gasteiger partial charge < -0.3 is 4.57 Å². The number of fused-ring (bicyclic) bond motifs is 2. The maximum atomic E-state index is 11.7. The Labute approximate surface area is 109 Å². The molecule has 2 aliphatic rings. The zero-order valence-electron chi connectivity index (χ0n) is 9.23. The lowest BCUT2D eigenvalue weighted by atomic mass is 9.89. The normalized spacial score (nSPS) is 32.2. The maximum absolute atomic E-state index is 11.7. The summed E-state index contributed by atoms with van der Waals surface area (Å²) in [5, 5.41) is 0. The average molecular weight is 329 g/mol. The average Bonchev–Trinajstić information content (AvgIpc) is 2.85. The molecule has 1 heterocycles. The van der Waals surface area contributed by atoms with E-state index in [-0.39, 0.29) is 5.56 Å². The first-order valence-electron chi connectivity index (χ1n) is 6.08. The van der Waals surface area contributed by atoms with Gasteiger partial charge in [-0.05, 0) is 65.7 Å². The Kier molecular flexibility index (Phi) is 2.81. The highest BCUT2D eigenvalue weighted by Gasteiger charge is 2.39. The molecule has 1 aromatic heterocycles. The molecule has 2 fully saturated rings. The minimum absolute atomic E-state index is 0.156. The van der Waals surface area contributed by atoms with E-state index in [4.69, 9.17) is 0 Å². The van der Waals surface area contributed by atoms with E-state index in [9.17, 15) is 4.79 Å². The third-order valence-corrected chi connectivity index (χ3v) is 4.90. The van der Waals surface area contributed by atoms with Crippen molar-refractivity contribution in [3.05, 3.63) is 32.3 Å². The second-order valence-electron chi connectivity index (χ2n) is 5.27. The van der Waals surface area contributed by atoms with Crippen molar-refractivity contribution in [3.8, 4) is 0 Å². The van der Waals surface area contributed by atoms with Crippen LogP contribution in [-0.4, -0.2) is 4.57 Å². The Bertz CT molecular complexity index is 453. The molecule has 2 aliphatic carbocycles. The van der Waals surface area contributed by atoms with Crippen LogP contribution in [0.2, 0.25) is 0 Å². The fourth-order valence-electron chi connectivity index (χ4n) is 3.50. The van der Waals surface area contributed by atoms with E-state index >= 15 is 0 Å². The number of rotatable bonds is 2. The van der Waals surface area contributed by atoms with Crippen LogP contribution in [0.1, 0.15) is 25.7 Å². The molecule has 86 valence electrons. The number of aromatic nitrogens is 1. The van der Waals surface area contributed by atoms with E-state index in [0.717, 1.165) is 27.9 Å². The molecule has 0 aromatic carbocycles. The predicted octanol–water partition coefficient (Wildman–Crippen LogP) is 2.89. The SMILES string of the molecule is O=c1ccc(I)cn1CC1CC2CCC1C2. The first-order valence-corrected chi connectivity index (χ1v) is 7.16. The fourth-order valence-corrected chi connectivity index (χ4v) is 4.01. The Hall–Kier alpha value is -0.320. The quantitative estimate of drug-likeness (QED) is 0.765. The molecule has 3 unspecified atom stereocenters. The van der Waals surface area contributed by atoms with Gasteiger partial charge in [-0.3, -0.25) is 4.79 Å². The van der Waals surface area contributed by atoms with Crippen LogP contribution in [0.5, 0.6) is 0 Å². The Morgan fingerprint density at radius 1 is 1.31 bits per heavy atom. The summed E-state index contributed by atoms with van der Waals surface area (Å²) >= 11 is 2.27. The summed E-state index contributed by atoms with van der Waals surface area (Å²) in [5.74, 6) is 2.62. The summed E-state index contributed by atoms with van der Waals surface area (Å²) in [7, 11) is 0. The number of nitrogens with zero attached hydrogens (tertiary/aromatic N) is 1. The predicted molar refractivity (Wildman–Crippen MR) is 72.4 cm³/mol. The van der Waals surface area contributed by atoms with E-state index in [2.05, 4.69) is 22.6 Å². The molecular formula is C13H16INO. The van der Waals surface area contributed by atoms with Crippen LogP contribution < -0.4 is 5.56 Å². The first-order chi connectivity index (χ1) is 7.72. The van der Waals surface area contributed by atoms with Gasteiger partial charge in [0.25, 0.3) is 5.56 Å². The fraction of sp³-hybridized carbons (Fsp3) is 0.615. The van der Waals surface area contributed by atoms with Gasteiger partial charge >= 0.3 is 0 Å². The lowest BCUT2D eigenvalue weighted by molar-refractivity contribution is 0.292. The molecule has 3 atom stereocenters. The van der Waals surface area contributed by atoms with Crippen molar-refractivity contribution in [3.63, 3.8) is 0 Å². The molecule has 0 aliphatic heterocycles. The molecule has 1 aromatic rings. The van der Waals surface area contributed by atoms with Crippen molar-refractivity contribution in [1.29, 1.82) is 0 Å². The van der Waals surface area contributed by atoms with Gasteiger partial charge in [-0.25, -0.2) is 0 Å². The van der Waals surface area contributed by atoms with Crippen LogP contribution in [0.4, 0.5) is 0 Å². The molecule has 16 heavy (non-hydrogen) atoms. The van der Waals surface area contributed by atoms with E-state index in [1.165, 1.54) is 25.7 Å². The zero-order chi connectivity index (χ0) is 11.1. The largest absolute Gasteiger partial charge is 0.314 e. The lowest BCUT2D eigenvalue weighted by Crippen LogP contribution is -2.25. The molecule has 0 amide bonds. The molecule has 3 heteroatoms. The minimum atomic E-state index is 0.156. The summed E-state index contributed by atoms with van der Waals surface area (Å²) in [6.07, 6.45) is 7.59. The molecule has 0 N–H and O–H groups in total. The second-order valence-corrected chi connectivity index (χ2v) is 6.52. The zero-order valence-corrected chi connectivity index (χ0v) is 11.4. The highest BCUT2D eigenvalue weighted by Crippen LogP contribution is 2.48. The topological polar surface area (TPSA) is 22.0 Å². The monoisotopic (exact) mass is 329 g/mol. The second kappa shape index (κ2) is 4.17. The highest BCUT2D eigenvalue weighted by atomic mass is 127. The molecule has 3 rings (SSSR count). The summed E-state index contributed by atoms with van der Waals surface area (Å²) < 4.78 is 3.06. The van der Waals surface area contributed by atoms with Crippen LogP contribution >= 0.6 is 22.6 Å². The molecule has 2 saturated carbocycles. The Morgan fingerprint density at radius 2 is 2.19 bits per heavy atom. The smallest absolute Gasteiger partial charge is 0.250 e. The summed E-state index contributed by atoms with van der Waals surface area (Å²) in [4.78, 5) is 11.7. The number of halogens is 1. The van der Waals surface area contributed by atoms with Gasteiger partial charge in [0.1, 0.15) is 0 Å². The van der Waals surface area contributed by atoms with Crippen LogP contribution in [0.15, 0.2) is 23.1 Å². The number of hydrogen-bond donors (Lipinski definition) is 0. The first kappa shape index (κ1) is 10.8. The van der Waals surface area contributed by atoms with Gasteiger partial charge in [0.2, 0.25) is 0 Å². The van der Waals surface area contributed by atoms with Crippen LogP contribution in [0.3, 0.4) is 0 Å². The van der Waals surface area contributed by atoms with Crippen molar-refractivity contribution in [2.75, 3.05) is 0 Å². The summed E-state index contributed by atoms with van der Waals surface area (Å²) in [6, 6.07) is 3.58.